The molecule has 0 atom stereocenters. The summed E-state index contributed by atoms with van der Waals surface area (Å²) in [5.41, 5.74) is 30.9. The first kappa shape index (κ1) is 60.2. The maximum absolute atomic E-state index is 16.8. The summed E-state index contributed by atoms with van der Waals surface area (Å²) >= 11 is 0. The number of rotatable bonds is 16. The van der Waals surface area contributed by atoms with Crippen LogP contribution < -0.4 is 0 Å². The largest absolute Gasteiger partial charge is 0.289 e. The van der Waals surface area contributed by atoms with Gasteiger partial charge in [0.05, 0.1) is 0 Å². The molecule has 16 aromatic rings. The zero-order valence-electron chi connectivity index (χ0n) is 54.0. The van der Waals surface area contributed by atoms with Crippen LogP contribution in [0.3, 0.4) is 0 Å². The molecule has 16 aromatic carbocycles. The van der Waals surface area contributed by atoms with Crippen molar-refractivity contribution in [1.82, 2.24) is 0 Å². The van der Waals surface area contributed by atoms with E-state index in [1.54, 1.807) is 0 Å². The molecule has 0 amide bonds. The summed E-state index contributed by atoms with van der Waals surface area (Å²) in [5.74, 6) is -0.0915. The fraction of sp³-hybridized carbons (Fsp3) is 0. The van der Waals surface area contributed by atoms with Crippen LogP contribution in [0.1, 0.15) is 15.9 Å². The average molecular weight is 1250 g/mol. The van der Waals surface area contributed by atoms with Crippen molar-refractivity contribution < 1.29 is 4.79 Å². The van der Waals surface area contributed by atoms with Crippen molar-refractivity contribution in [2.75, 3.05) is 0 Å². The molecule has 0 spiro atoms. The Morgan fingerprint density at radius 3 is 0.408 bits per heavy atom. The van der Waals surface area contributed by atoms with E-state index in [9.17, 15) is 0 Å². The maximum atomic E-state index is 16.8. The van der Waals surface area contributed by atoms with Gasteiger partial charge in [0.25, 0.3) is 0 Å². The first-order valence-corrected chi connectivity index (χ1v) is 33.5. The predicted molar refractivity (Wildman–Crippen MR) is 412 cm³/mol. The SMILES string of the molecule is O=C(c1cc(-c2cc(-c3ccccc3)cc(-c3ccccc3)c2)cc(-c2cc(-c3ccccc3)cc(-c3cccc(-c4ccccc4)c3)c2)c1)c1cc(-c2cc(-c3ccccc3)cc(-c3ccccc3)c2)cc(-c2cc(-c3ccccc3)cc(-c3cccc(-c4ccccc4)c3)c2)c1. The maximum Gasteiger partial charge on any atom is 0.193 e. The number of hydrogen-bond donors (Lipinski definition) is 0. The number of benzene rings is 16. The number of carbonyl (C=O) groups is 1. The van der Waals surface area contributed by atoms with Crippen LogP contribution in [0.25, 0.3) is 156 Å². The van der Waals surface area contributed by atoms with Gasteiger partial charge in [-0.1, -0.05) is 279 Å². The van der Waals surface area contributed by atoms with Crippen molar-refractivity contribution in [3.8, 4) is 156 Å². The van der Waals surface area contributed by atoms with Crippen LogP contribution >= 0.6 is 0 Å². The Bertz CT molecular complexity index is 5050. The Hall–Kier alpha value is -12.8. The lowest BCUT2D eigenvalue weighted by Crippen LogP contribution is -2.04. The van der Waals surface area contributed by atoms with E-state index in [1.165, 1.54) is 0 Å². The molecule has 0 N–H and O–H groups in total. The van der Waals surface area contributed by atoms with Crippen LogP contribution in [-0.2, 0) is 0 Å². The molecule has 0 fully saturated rings. The summed E-state index contributed by atoms with van der Waals surface area (Å²) in [5, 5.41) is 0. The van der Waals surface area contributed by atoms with Crippen LogP contribution in [0.15, 0.2) is 400 Å². The molecule has 460 valence electrons. The Morgan fingerprint density at radius 2 is 0.224 bits per heavy atom. The van der Waals surface area contributed by atoms with Crippen LogP contribution in [-0.4, -0.2) is 5.78 Å². The first-order valence-electron chi connectivity index (χ1n) is 33.5. The molecule has 0 bridgehead atoms. The van der Waals surface area contributed by atoms with Gasteiger partial charge >= 0.3 is 0 Å². The average Bonchev–Trinajstić information content (AvgIpc) is 0.800. The molecule has 0 radical (unpaired) electrons. The fourth-order valence-corrected chi connectivity index (χ4v) is 13.7. The summed E-state index contributed by atoms with van der Waals surface area (Å²) in [6.07, 6.45) is 0. The van der Waals surface area contributed by atoms with Crippen LogP contribution in [0.4, 0.5) is 0 Å². The van der Waals surface area contributed by atoms with Crippen molar-refractivity contribution in [3.63, 3.8) is 0 Å². The minimum atomic E-state index is -0.0915. The lowest BCUT2D eigenvalue weighted by Gasteiger charge is -2.17. The smallest absolute Gasteiger partial charge is 0.193 e. The second kappa shape index (κ2) is 27.3. The lowest BCUT2D eigenvalue weighted by atomic mass is 9.86. The number of ketones is 1. The molecule has 0 aromatic heterocycles. The van der Waals surface area contributed by atoms with Gasteiger partial charge in [-0.2, -0.15) is 0 Å². The quantitative estimate of drug-likeness (QED) is 0.0881. The van der Waals surface area contributed by atoms with E-state index in [0.717, 1.165) is 156 Å². The molecular weight excluding hydrogens is 1180 g/mol. The minimum Gasteiger partial charge on any atom is -0.289 e. The Balaban J connectivity index is 0.937. The van der Waals surface area contributed by atoms with E-state index < -0.39 is 0 Å². The third-order valence-electron chi connectivity index (χ3n) is 18.7. The fourth-order valence-electron chi connectivity index (χ4n) is 13.7. The summed E-state index contributed by atoms with van der Waals surface area (Å²) in [4.78, 5) is 16.8. The molecule has 0 heterocycles. The van der Waals surface area contributed by atoms with Crippen molar-refractivity contribution in [2.24, 2.45) is 0 Å². The highest BCUT2D eigenvalue weighted by Gasteiger charge is 2.21. The van der Waals surface area contributed by atoms with Gasteiger partial charge in [0.2, 0.25) is 0 Å². The minimum absolute atomic E-state index is 0.0915. The third kappa shape index (κ3) is 13.1. The van der Waals surface area contributed by atoms with Gasteiger partial charge in [0.15, 0.2) is 5.78 Å². The Labute approximate surface area is 574 Å². The standard InChI is InChI=1S/C97H66O/c98-97(95-63-91(87-53-79(69-31-13-3-14-32-69)49-80(54-87)70-33-15-4-16-34-70)61-93(65-95)89-57-83(73-39-21-7-22-40-73)51-85(59-89)77-45-25-43-75(47-77)67-27-9-1-10-28-67)96-64-92(88-55-81(71-35-17-5-18-36-71)50-82(56-88)72-37-19-6-20-38-72)62-94(66-96)90-58-84(74-41-23-8-24-42-74)52-86(60-90)78-46-26-44-76(48-78)68-29-11-2-12-30-68/h1-66H. The predicted octanol–water partition coefficient (Wildman–Crippen LogP) is 26.3. The summed E-state index contributed by atoms with van der Waals surface area (Å²) in [7, 11) is 0. The molecule has 16 rings (SSSR count). The highest BCUT2D eigenvalue weighted by atomic mass is 16.1. The second-order valence-electron chi connectivity index (χ2n) is 25.2. The van der Waals surface area contributed by atoms with E-state index >= 15 is 4.79 Å². The van der Waals surface area contributed by atoms with Crippen molar-refractivity contribution >= 4 is 5.78 Å². The summed E-state index contributed by atoms with van der Waals surface area (Å²) < 4.78 is 0. The van der Waals surface area contributed by atoms with E-state index in [-0.39, 0.29) is 5.78 Å². The first-order chi connectivity index (χ1) is 48.4. The van der Waals surface area contributed by atoms with Crippen LogP contribution in [0, 0.1) is 0 Å². The molecule has 0 aliphatic heterocycles. The Kier molecular flexibility index (Phi) is 16.7. The third-order valence-corrected chi connectivity index (χ3v) is 18.7. The zero-order chi connectivity index (χ0) is 65.6. The molecular formula is C97H66O. The van der Waals surface area contributed by atoms with E-state index in [4.69, 9.17) is 0 Å². The highest BCUT2D eigenvalue weighted by Crippen LogP contribution is 2.43. The van der Waals surface area contributed by atoms with E-state index in [0.29, 0.717) is 11.1 Å². The number of hydrogen-bond acceptors (Lipinski definition) is 1. The van der Waals surface area contributed by atoms with E-state index in [2.05, 4.69) is 400 Å². The van der Waals surface area contributed by atoms with Gasteiger partial charge in [-0.3, -0.25) is 4.79 Å². The Morgan fingerprint density at radius 1 is 0.112 bits per heavy atom. The normalized spacial score (nSPS) is 11.1. The molecule has 1 nitrogen and oxygen atoms in total. The van der Waals surface area contributed by atoms with Gasteiger partial charge in [0.1, 0.15) is 0 Å². The van der Waals surface area contributed by atoms with Crippen molar-refractivity contribution in [1.29, 1.82) is 0 Å². The molecule has 98 heavy (non-hydrogen) atoms. The van der Waals surface area contributed by atoms with Gasteiger partial charge in [-0.15, -0.1) is 0 Å². The summed E-state index contributed by atoms with van der Waals surface area (Å²) in [6.45, 7) is 0. The molecule has 1 heteroatoms. The van der Waals surface area contributed by atoms with Gasteiger partial charge in [0, 0.05) is 11.1 Å². The second-order valence-corrected chi connectivity index (χ2v) is 25.2. The monoisotopic (exact) mass is 1250 g/mol. The lowest BCUT2D eigenvalue weighted by molar-refractivity contribution is 0.103. The van der Waals surface area contributed by atoms with Gasteiger partial charge in [-0.25, -0.2) is 0 Å². The summed E-state index contributed by atoms with van der Waals surface area (Å²) in [6, 6.07) is 143. The topological polar surface area (TPSA) is 17.1 Å². The van der Waals surface area contributed by atoms with Gasteiger partial charge < -0.3 is 0 Å². The molecule has 0 unspecified atom stereocenters. The van der Waals surface area contributed by atoms with Crippen molar-refractivity contribution in [3.05, 3.63) is 412 Å². The zero-order valence-corrected chi connectivity index (χ0v) is 54.0. The van der Waals surface area contributed by atoms with Gasteiger partial charge in [-0.05, 0) is 277 Å². The molecule has 0 aliphatic rings. The van der Waals surface area contributed by atoms with Crippen LogP contribution in [0.2, 0.25) is 0 Å². The van der Waals surface area contributed by atoms with Crippen molar-refractivity contribution in [2.45, 2.75) is 0 Å². The molecule has 0 aliphatic carbocycles. The molecule has 0 saturated carbocycles. The van der Waals surface area contributed by atoms with E-state index in [1.807, 2.05) is 0 Å². The highest BCUT2D eigenvalue weighted by molar-refractivity contribution is 6.12. The van der Waals surface area contributed by atoms with Crippen LogP contribution in [0.5, 0.6) is 0 Å². The molecule has 0 saturated heterocycles. The number of carbonyl (C=O) groups excluding carboxylic acids is 1.